The van der Waals surface area contributed by atoms with Gasteiger partial charge in [0.05, 0.1) is 25.4 Å². The van der Waals surface area contributed by atoms with Crippen LogP contribution >= 0.6 is 0 Å². The zero-order valence-electron chi connectivity index (χ0n) is 10.2. The second kappa shape index (κ2) is 5.93. The maximum absolute atomic E-state index is 9.86. The zero-order valence-corrected chi connectivity index (χ0v) is 10.2. The van der Waals surface area contributed by atoms with Gasteiger partial charge in [-0.05, 0) is 0 Å². The van der Waals surface area contributed by atoms with Gasteiger partial charge in [-0.25, -0.2) is 4.98 Å². The van der Waals surface area contributed by atoms with E-state index in [1.54, 1.807) is 12.4 Å². The summed E-state index contributed by atoms with van der Waals surface area (Å²) in [7, 11) is 0. The summed E-state index contributed by atoms with van der Waals surface area (Å²) in [6.07, 6.45) is 2.17. The highest BCUT2D eigenvalue weighted by molar-refractivity contribution is 5.62. The van der Waals surface area contributed by atoms with Crippen LogP contribution in [0.25, 0.3) is 11.4 Å². The highest BCUT2D eigenvalue weighted by atomic mass is 16.3. The quantitative estimate of drug-likeness (QED) is 0.373. The number of fused-ring (bicyclic) bond motifs is 1. The molecule has 0 saturated heterocycles. The van der Waals surface area contributed by atoms with Crippen LogP contribution < -0.4 is 11.1 Å². The van der Waals surface area contributed by atoms with Crippen molar-refractivity contribution in [1.82, 2.24) is 20.3 Å². The minimum atomic E-state index is -1.02. The molecule has 0 spiro atoms. The molecule has 0 fully saturated rings. The number of aliphatic hydroxyl groups excluding tert-OH is 3. The molecule has 0 aromatic heterocycles. The Morgan fingerprint density at radius 3 is 2.89 bits per heavy atom. The predicted molar refractivity (Wildman–Crippen MR) is 68.3 cm³/mol. The van der Waals surface area contributed by atoms with E-state index in [0.29, 0.717) is 17.0 Å². The monoisotopic (exact) mass is 267 g/mol. The van der Waals surface area contributed by atoms with Gasteiger partial charge in [-0.15, -0.1) is 0 Å². The Hall–Kier alpha value is -1.74. The van der Waals surface area contributed by atoms with Gasteiger partial charge in [0.15, 0.2) is 5.95 Å². The van der Waals surface area contributed by atoms with E-state index in [1.807, 2.05) is 0 Å². The number of nitrogens with two attached hydrogens (primary N) is 1. The van der Waals surface area contributed by atoms with Gasteiger partial charge in [0, 0.05) is 24.5 Å². The van der Waals surface area contributed by atoms with Crippen molar-refractivity contribution in [3.8, 4) is 11.4 Å². The van der Waals surface area contributed by atoms with Gasteiger partial charge in [0.1, 0.15) is 11.4 Å². The van der Waals surface area contributed by atoms with E-state index in [2.05, 4.69) is 20.3 Å². The van der Waals surface area contributed by atoms with Gasteiger partial charge in [-0.1, -0.05) is 0 Å². The maximum Gasteiger partial charge on any atom is 0.198 e. The number of hydrogen-bond acceptors (Lipinski definition) is 7. The number of rotatable bonds is 6. The smallest absolute Gasteiger partial charge is 0.198 e. The highest BCUT2D eigenvalue weighted by Gasteiger charge is 2.26. The molecule has 2 aliphatic heterocycles. The zero-order chi connectivity index (χ0) is 13.8. The molecule has 8 heteroatoms. The molecule has 7 N–H and O–H groups in total. The van der Waals surface area contributed by atoms with Crippen molar-refractivity contribution < 1.29 is 15.3 Å². The van der Waals surface area contributed by atoms with Crippen LogP contribution in [-0.2, 0) is 0 Å². The van der Waals surface area contributed by atoms with Crippen LogP contribution in [0.15, 0.2) is 12.4 Å². The van der Waals surface area contributed by atoms with Crippen LogP contribution in [0.4, 0.5) is 5.95 Å². The largest absolute Gasteiger partial charge is 0.395 e. The minimum Gasteiger partial charge on any atom is -0.395 e. The molecule has 0 aromatic rings. The molecule has 0 aliphatic carbocycles. The third-order valence-electron chi connectivity index (χ3n) is 2.83. The lowest BCUT2D eigenvalue weighted by atomic mass is 10.0. The second-order valence-electron chi connectivity index (χ2n) is 4.14. The first-order valence-electron chi connectivity index (χ1n) is 5.90. The van der Waals surface area contributed by atoms with Crippen LogP contribution in [0.3, 0.4) is 0 Å². The van der Waals surface area contributed by atoms with E-state index in [4.69, 9.17) is 15.9 Å². The summed E-state index contributed by atoms with van der Waals surface area (Å²) in [4.78, 5) is 11.1. The van der Waals surface area contributed by atoms with Crippen molar-refractivity contribution in [2.75, 3.05) is 25.5 Å². The lowest BCUT2D eigenvalue weighted by molar-refractivity contribution is 0.0610. The Morgan fingerprint density at radius 1 is 1.42 bits per heavy atom. The number of hydrogen-bond donors (Lipinski definition) is 6. The molecule has 0 bridgehead atoms. The third kappa shape index (κ3) is 2.82. The molecule has 0 aromatic carbocycles. The number of nitrogen functional groups attached to an aromatic ring is 1. The molecule has 19 heavy (non-hydrogen) atoms. The van der Waals surface area contributed by atoms with Crippen LogP contribution in [0.2, 0.25) is 0 Å². The van der Waals surface area contributed by atoms with E-state index < -0.39 is 18.8 Å². The summed E-state index contributed by atoms with van der Waals surface area (Å²) in [6.45, 7) is -0.211. The summed E-state index contributed by atoms with van der Waals surface area (Å²) in [5, 5.41) is 30.8. The molecule has 0 amide bonds. The number of anilines is 1. The molecular formula is C11H17N5O3. The van der Waals surface area contributed by atoms with Crippen LogP contribution in [0.5, 0.6) is 0 Å². The summed E-state index contributed by atoms with van der Waals surface area (Å²) < 4.78 is 0. The van der Waals surface area contributed by atoms with Crippen molar-refractivity contribution in [2.24, 2.45) is 0 Å². The minimum absolute atomic E-state index is 0.0793. The molecule has 0 radical (unpaired) electrons. The van der Waals surface area contributed by atoms with Crippen LogP contribution in [-0.4, -0.2) is 56.1 Å². The molecule has 0 saturated carbocycles. The molecule has 2 rings (SSSR count). The molecule has 2 heterocycles. The van der Waals surface area contributed by atoms with Gasteiger partial charge < -0.3 is 31.4 Å². The molecule has 8 nitrogen and oxygen atoms in total. The summed E-state index contributed by atoms with van der Waals surface area (Å²) >= 11 is 0. The van der Waals surface area contributed by atoms with E-state index in [0.717, 1.165) is 0 Å². The van der Waals surface area contributed by atoms with Crippen molar-refractivity contribution in [3.63, 3.8) is 0 Å². The molecular weight excluding hydrogens is 250 g/mol. The van der Waals surface area contributed by atoms with Gasteiger partial charge in [-0.2, -0.15) is 0 Å². The lowest BCUT2D eigenvalue weighted by Gasteiger charge is -2.22. The fourth-order valence-corrected chi connectivity index (χ4v) is 1.94. The average Bonchev–Trinajstić information content (AvgIpc) is 2.82. The third-order valence-corrected chi connectivity index (χ3v) is 2.83. The molecule has 2 aliphatic rings. The summed E-state index contributed by atoms with van der Waals surface area (Å²) in [5.74, 6) is 0.237. The highest BCUT2D eigenvalue weighted by Crippen LogP contribution is 2.29. The number of nitrogens with one attached hydrogen (secondary N) is 2. The van der Waals surface area contributed by atoms with Crippen molar-refractivity contribution in [1.29, 1.82) is 0 Å². The first-order chi connectivity index (χ1) is 9.17. The number of nitrogens with zero attached hydrogens (tertiary/aromatic N) is 2. The number of aliphatic hydroxyl groups is 3. The van der Waals surface area contributed by atoms with Gasteiger partial charge in [0.25, 0.3) is 0 Å². The van der Waals surface area contributed by atoms with E-state index in [-0.39, 0.29) is 19.1 Å². The van der Waals surface area contributed by atoms with E-state index >= 15 is 0 Å². The van der Waals surface area contributed by atoms with Gasteiger partial charge >= 0.3 is 0 Å². The standard InChI is InChI=1S/C11H17N5O3/c12-11-15-4-7-9(16-11)6(3-14-7)10(8(19)5-18)13-1-2-17/h3-4,8,10,13,17-19H,1-2,5H2,(H3,12,15,16). The average molecular weight is 267 g/mol. The molecule has 2 unspecified atom stereocenters. The topological polar surface area (TPSA) is 140 Å². The Morgan fingerprint density at radius 2 is 2.21 bits per heavy atom. The van der Waals surface area contributed by atoms with Crippen LogP contribution in [0.1, 0.15) is 11.6 Å². The first-order valence-corrected chi connectivity index (χ1v) is 5.90. The van der Waals surface area contributed by atoms with Crippen molar-refractivity contribution >= 4 is 5.95 Å². The van der Waals surface area contributed by atoms with Crippen LogP contribution in [0, 0.1) is 0 Å². The van der Waals surface area contributed by atoms with E-state index in [1.165, 1.54) is 0 Å². The Balaban J connectivity index is 2.35. The normalized spacial score (nSPS) is 14.7. The predicted octanol–water partition coefficient (Wildman–Crippen LogP) is -1.53. The molecule has 104 valence electrons. The number of H-pyrrole nitrogens is 1. The van der Waals surface area contributed by atoms with Crippen molar-refractivity contribution in [2.45, 2.75) is 12.1 Å². The number of aromatic amines is 1. The fraction of sp³-hybridized carbons (Fsp3) is 0.455. The van der Waals surface area contributed by atoms with E-state index in [9.17, 15) is 5.11 Å². The Bertz CT molecular complexity index is 503. The van der Waals surface area contributed by atoms with Gasteiger partial charge in [0.2, 0.25) is 0 Å². The summed E-state index contributed by atoms with van der Waals surface area (Å²) in [6, 6.07) is -0.573. The first kappa shape index (κ1) is 13.7. The Labute approximate surface area is 109 Å². The molecule has 2 atom stereocenters. The number of aromatic nitrogens is 3. The van der Waals surface area contributed by atoms with Gasteiger partial charge in [-0.3, -0.25) is 4.98 Å². The Kier molecular flexibility index (Phi) is 4.27. The maximum atomic E-state index is 9.86. The SMILES string of the molecule is Nc1nc2c(C(NCCO)C(O)CO)cnc-2c[nH]1. The second-order valence-corrected chi connectivity index (χ2v) is 4.14. The van der Waals surface area contributed by atoms with Crippen molar-refractivity contribution in [3.05, 3.63) is 18.0 Å². The summed E-state index contributed by atoms with van der Waals surface area (Å²) in [5.41, 5.74) is 7.40. The fourth-order valence-electron chi connectivity index (χ4n) is 1.94. The lowest BCUT2D eigenvalue weighted by Crippen LogP contribution is -2.36.